The van der Waals surface area contributed by atoms with Crippen molar-refractivity contribution in [2.45, 2.75) is 45.3 Å². The highest BCUT2D eigenvalue weighted by Gasteiger charge is 2.22. The summed E-state index contributed by atoms with van der Waals surface area (Å²) in [5.74, 6) is -0.604. The van der Waals surface area contributed by atoms with Gasteiger partial charge in [-0.25, -0.2) is 10.3 Å². The van der Waals surface area contributed by atoms with Gasteiger partial charge in [-0.3, -0.25) is 10.0 Å². The Hall–Kier alpha value is -1.79. The van der Waals surface area contributed by atoms with Crippen molar-refractivity contribution in [2.75, 3.05) is 0 Å². The summed E-state index contributed by atoms with van der Waals surface area (Å²) in [6.07, 6.45) is -0.386. The SMILES string of the molecule is CC(C)(C)OC(=O)NC(CC(=O)NO)Cc1ccccc1Cl. The molecule has 0 bridgehead atoms. The van der Waals surface area contributed by atoms with Crippen molar-refractivity contribution in [3.05, 3.63) is 34.9 Å². The van der Waals surface area contributed by atoms with E-state index < -0.39 is 23.6 Å². The highest BCUT2D eigenvalue weighted by Crippen LogP contribution is 2.18. The van der Waals surface area contributed by atoms with Crippen LogP contribution in [0.15, 0.2) is 24.3 Å². The molecule has 1 aromatic rings. The molecule has 0 heterocycles. The van der Waals surface area contributed by atoms with E-state index >= 15 is 0 Å². The van der Waals surface area contributed by atoms with Crippen LogP contribution >= 0.6 is 11.6 Å². The zero-order valence-electron chi connectivity index (χ0n) is 12.9. The summed E-state index contributed by atoms with van der Waals surface area (Å²) in [7, 11) is 0. The average molecular weight is 329 g/mol. The fourth-order valence-corrected chi connectivity index (χ4v) is 2.06. The highest BCUT2D eigenvalue weighted by atomic mass is 35.5. The number of hydrogen-bond donors (Lipinski definition) is 3. The van der Waals surface area contributed by atoms with Gasteiger partial charge >= 0.3 is 6.09 Å². The first-order chi connectivity index (χ1) is 10.2. The second-order valence-corrected chi connectivity index (χ2v) is 6.28. The number of nitrogens with one attached hydrogen (secondary N) is 2. The molecule has 7 heteroatoms. The molecule has 0 saturated carbocycles. The molecule has 1 atom stereocenters. The first-order valence-corrected chi connectivity index (χ1v) is 7.25. The lowest BCUT2D eigenvalue weighted by atomic mass is 10.0. The van der Waals surface area contributed by atoms with Crippen LogP contribution in [0.3, 0.4) is 0 Å². The second kappa shape index (κ2) is 8.00. The van der Waals surface area contributed by atoms with Crippen LogP contribution in [0.5, 0.6) is 0 Å². The number of halogens is 1. The van der Waals surface area contributed by atoms with E-state index in [0.29, 0.717) is 11.4 Å². The maximum absolute atomic E-state index is 11.9. The van der Waals surface area contributed by atoms with Crippen molar-refractivity contribution in [1.29, 1.82) is 0 Å². The zero-order chi connectivity index (χ0) is 16.8. The first-order valence-electron chi connectivity index (χ1n) is 6.87. The maximum atomic E-state index is 11.9. The summed E-state index contributed by atoms with van der Waals surface area (Å²) in [5.41, 5.74) is 1.70. The minimum atomic E-state index is -0.641. The molecule has 0 radical (unpaired) electrons. The van der Waals surface area contributed by atoms with Crippen molar-refractivity contribution < 1.29 is 19.5 Å². The van der Waals surface area contributed by atoms with E-state index in [0.717, 1.165) is 5.56 Å². The highest BCUT2D eigenvalue weighted by molar-refractivity contribution is 6.31. The third-order valence-electron chi connectivity index (χ3n) is 2.70. The fourth-order valence-electron chi connectivity index (χ4n) is 1.85. The van der Waals surface area contributed by atoms with E-state index in [1.54, 1.807) is 38.4 Å². The van der Waals surface area contributed by atoms with E-state index in [9.17, 15) is 9.59 Å². The van der Waals surface area contributed by atoms with Gasteiger partial charge in [-0.2, -0.15) is 0 Å². The Balaban J connectivity index is 2.78. The number of amides is 2. The predicted molar refractivity (Wildman–Crippen MR) is 82.9 cm³/mol. The molecule has 22 heavy (non-hydrogen) atoms. The van der Waals surface area contributed by atoms with Crippen LogP contribution in [0.25, 0.3) is 0 Å². The van der Waals surface area contributed by atoms with Crippen LogP contribution in [-0.2, 0) is 16.0 Å². The molecular weight excluding hydrogens is 308 g/mol. The lowest BCUT2D eigenvalue weighted by molar-refractivity contribution is -0.129. The summed E-state index contributed by atoms with van der Waals surface area (Å²) in [6, 6.07) is 6.60. The zero-order valence-corrected chi connectivity index (χ0v) is 13.6. The minimum absolute atomic E-state index is 0.0963. The van der Waals surface area contributed by atoms with Crippen LogP contribution in [0, 0.1) is 0 Å². The van der Waals surface area contributed by atoms with Crippen LogP contribution in [0.1, 0.15) is 32.8 Å². The molecule has 122 valence electrons. The van der Waals surface area contributed by atoms with E-state index in [2.05, 4.69) is 5.32 Å². The van der Waals surface area contributed by atoms with Gasteiger partial charge in [-0.1, -0.05) is 29.8 Å². The Morgan fingerprint density at radius 3 is 2.50 bits per heavy atom. The van der Waals surface area contributed by atoms with E-state index in [-0.39, 0.29) is 6.42 Å². The van der Waals surface area contributed by atoms with Gasteiger partial charge in [0.2, 0.25) is 5.91 Å². The molecule has 0 aliphatic carbocycles. The van der Waals surface area contributed by atoms with Gasteiger partial charge in [0.1, 0.15) is 5.60 Å². The number of alkyl carbamates (subject to hydrolysis) is 1. The molecule has 1 rings (SSSR count). The lowest BCUT2D eigenvalue weighted by Crippen LogP contribution is -2.42. The molecule has 0 aliphatic heterocycles. The van der Waals surface area contributed by atoms with Crippen molar-refractivity contribution in [3.8, 4) is 0 Å². The van der Waals surface area contributed by atoms with Gasteiger partial charge in [-0.15, -0.1) is 0 Å². The largest absolute Gasteiger partial charge is 0.444 e. The molecule has 0 aromatic heterocycles. The summed E-state index contributed by atoms with van der Waals surface area (Å²) >= 11 is 6.09. The quantitative estimate of drug-likeness (QED) is 0.573. The Bertz CT molecular complexity index is 529. The Morgan fingerprint density at radius 2 is 1.95 bits per heavy atom. The van der Waals surface area contributed by atoms with Crippen molar-refractivity contribution >= 4 is 23.6 Å². The summed E-state index contributed by atoms with van der Waals surface area (Å²) < 4.78 is 5.17. The predicted octanol–water partition coefficient (Wildman–Crippen LogP) is 2.67. The fraction of sp³-hybridized carbons (Fsp3) is 0.467. The van der Waals surface area contributed by atoms with Gasteiger partial charge in [0.25, 0.3) is 0 Å². The average Bonchev–Trinajstić information content (AvgIpc) is 2.38. The van der Waals surface area contributed by atoms with Gasteiger partial charge < -0.3 is 10.1 Å². The minimum Gasteiger partial charge on any atom is -0.444 e. The normalized spacial score (nSPS) is 12.4. The van der Waals surface area contributed by atoms with Crippen LogP contribution < -0.4 is 10.8 Å². The third-order valence-corrected chi connectivity index (χ3v) is 3.07. The molecule has 0 fully saturated rings. The smallest absolute Gasteiger partial charge is 0.407 e. The number of carbonyl (C=O) groups is 2. The molecule has 2 amide bonds. The van der Waals surface area contributed by atoms with Gasteiger partial charge in [0.15, 0.2) is 0 Å². The molecule has 0 aliphatic rings. The molecule has 0 saturated heterocycles. The molecular formula is C15H21ClN2O4. The Morgan fingerprint density at radius 1 is 1.32 bits per heavy atom. The Kier molecular flexibility index (Phi) is 6.64. The van der Waals surface area contributed by atoms with Gasteiger partial charge in [0.05, 0.1) is 0 Å². The number of benzene rings is 1. The third kappa shape index (κ3) is 6.78. The van der Waals surface area contributed by atoms with E-state index in [1.807, 2.05) is 12.1 Å². The lowest BCUT2D eigenvalue weighted by Gasteiger charge is -2.23. The van der Waals surface area contributed by atoms with Crippen LogP contribution in [0.2, 0.25) is 5.02 Å². The number of rotatable bonds is 5. The van der Waals surface area contributed by atoms with Crippen LogP contribution in [-0.4, -0.2) is 28.9 Å². The van der Waals surface area contributed by atoms with Crippen LogP contribution in [0.4, 0.5) is 4.79 Å². The van der Waals surface area contributed by atoms with Crippen molar-refractivity contribution in [3.63, 3.8) is 0 Å². The van der Waals surface area contributed by atoms with E-state index in [4.69, 9.17) is 21.5 Å². The number of carbonyl (C=O) groups excluding carboxylic acids is 2. The molecule has 0 spiro atoms. The Labute approximate surface area is 134 Å². The van der Waals surface area contributed by atoms with Gasteiger partial charge in [0, 0.05) is 17.5 Å². The number of hydrogen-bond acceptors (Lipinski definition) is 4. The van der Waals surface area contributed by atoms with E-state index in [1.165, 1.54) is 0 Å². The molecule has 6 nitrogen and oxygen atoms in total. The molecule has 3 N–H and O–H groups in total. The maximum Gasteiger partial charge on any atom is 0.407 e. The number of ether oxygens (including phenoxy) is 1. The monoisotopic (exact) mass is 328 g/mol. The topological polar surface area (TPSA) is 87.7 Å². The summed E-state index contributed by atoms with van der Waals surface area (Å²) in [5, 5.41) is 11.8. The summed E-state index contributed by atoms with van der Waals surface area (Å²) in [4.78, 5) is 23.2. The second-order valence-electron chi connectivity index (χ2n) is 5.88. The molecule has 1 unspecified atom stereocenters. The first kappa shape index (κ1) is 18.3. The summed E-state index contributed by atoms with van der Waals surface area (Å²) in [6.45, 7) is 5.24. The van der Waals surface area contributed by atoms with Crippen molar-refractivity contribution in [2.24, 2.45) is 0 Å². The van der Waals surface area contributed by atoms with Gasteiger partial charge in [-0.05, 0) is 38.8 Å². The number of hydroxylamine groups is 1. The standard InChI is InChI=1S/C15H21ClN2O4/c1-15(2,3)22-14(20)17-11(9-13(19)18-21)8-10-6-4-5-7-12(10)16/h4-7,11,21H,8-9H2,1-3H3,(H,17,20)(H,18,19). The van der Waals surface area contributed by atoms with Crippen molar-refractivity contribution in [1.82, 2.24) is 10.8 Å². The molecule has 1 aromatic carbocycles.